The first kappa shape index (κ1) is 18.9. The molecular formula is C20H25N3O4. The third-order valence-corrected chi connectivity index (χ3v) is 4.84. The molecule has 1 amide bonds. The summed E-state index contributed by atoms with van der Waals surface area (Å²) in [6.07, 6.45) is 1.90. The molecule has 0 aliphatic carbocycles. The van der Waals surface area contributed by atoms with Crippen LogP contribution in [-0.4, -0.2) is 43.3 Å². The Hall–Kier alpha value is -2.83. The quantitative estimate of drug-likeness (QED) is 0.724. The maximum absolute atomic E-state index is 11.9. The molecule has 0 radical (unpaired) electrons. The van der Waals surface area contributed by atoms with Gasteiger partial charge in [0.1, 0.15) is 11.4 Å². The molecular weight excluding hydrogens is 346 g/mol. The third kappa shape index (κ3) is 4.48. The van der Waals surface area contributed by atoms with Crippen molar-refractivity contribution in [1.29, 1.82) is 0 Å². The molecule has 1 saturated heterocycles. The Labute approximate surface area is 158 Å². The Morgan fingerprint density at radius 1 is 1.11 bits per heavy atom. The second-order valence-electron chi connectivity index (χ2n) is 6.68. The Morgan fingerprint density at radius 2 is 1.78 bits per heavy atom. The normalized spacial score (nSPS) is 14.9. The van der Waals surface area contributed by atoms with Gasteiger partial charge >= 0.3 is 6.09 Å². The lowest BCUT2D eigenvalue weighted by molar-refractivity contribution is 0.0983. The summed E-state index contributed by atoms with van der Waals surface area (Å²) in [4.78, 5) is 37.2. The molecule has 7 nitrogen and oxygen atoms in total. The molecule has 3 rings (SSSR count). The lowest BCUT2D eigenvalue weighted by Crippen LogP contribution is -2.45. The van der Waals surface area contributed by atoms with E-state index in [9.17, 15) is 14.4 Å². The zero-order valence-corrected chi connectivity index (χ0v) is 15.5. The SMILES string of the molecule is CCOC(=O)N1CCC(Nc2c(NCCc3ccccc3)c(=O)c2=O)CC1. The average molecular weight is 371 g/mol. The number of carbonyl (C=O) groups is 1. The van der Waals surface area contributed by atoms with E-state index in [0.717, 1.165) is 6.42 Å². The summed E-state index contributed by atoms with van der Waals surface area (Å²) in [5.41, 5.74) is 0.996. The van der Waals surface area contributed by atoms with Crippen molar-refractivity contribution >= 4 is 17.5 Å². The fourth-order valence-electron chi connectivity index (χ4n) is 3.30. The van der Waals surface area contributed by atoms with E-state index in [0.29, 0.717) is 50.5 Å². The molecule has 2 N–H and O–H groups in total. The number of carbonyl (C=O) groups excluding carboxylic acids is 1. The number of anilines is 2. The summed E-state index contributed by atoms with van der Waals surface area (Å²) in [6.45, 7) is 3.87. The number of nitrogens with one attached hydrogen (secondary N) is 2. The number of piperidine rings is 1. The molecule has 2 aromatic rings. The van der Waals surface area contributed by atoms with Gasteiger partial charge in [0.25, 0.3) is 10.9 Å². The van der Waals surface area contributed by atoms with Crippen molar-refractivity contribution in [3.05, 3.63) is 56.3 Å². The highest BCUT2D eigenvalue weighted by atomic mass is 16.6. The van der Waals surface area contributed by atoms with Gasteiger partial charge in [-0.25, -0.2) is 4.79 Å². The number of nitrogens with zero attached hydrogens (tertiary/aromatic N) is 1. The van der Waals surface area contributed by atoms with Crippen molar-refractivity contribution in [2.75, 3.05) is 36.9 Å². The zero-order chi connectivity index (χ0) is 19.2. The van der Waals surface area contributed by atoms with Crippen LogP contribution < -0.4 is 21.5 Å². The summed E-state index contributed by atoms with van der Waals surface area (Å²) < 4.78 is 5.01. The Kier molecular flexibility index (Phi) is 6.11. The topological polar surface area (TPSA) is 87.7 Å². The van der Waals surface area contributed by atoms with Crippen LogP contribution in [0.3, 0.4) is 0 Å². The van der Waals surface area contributed by atoms with Crippen molar-refractivity contribution in [3.8, 4) is 0 Å². The fourth-order valence-corrected chi connectivity index (χ4v) is 3.30. The standard InChI is InChI=1S/C20H25N3O4/c1-2-27-20(26)23-12-9-15(10-13-23)22-17-16(18(24)19(17)25)21-11-8-14-6-4-3-5-7-14/h3-7,15,21-22H,2,8-13H2,1H3. The number of amides is 1. The van der Waals surface area contributed by atoms with Gasteiger partial charge in [0, 0.05) is 25.7 Å². The molecule has 0 spiro atoms. The smallest absolute Gasteiger partial charge is 0.409 e. The minimum Gasteiger partial charge on any atom is -0.450 e. The predicted octanol–water partition coefficient (Wildman–Crippen LogP) is 1.97. The van der Waals surface area contributed by atoms with E-state index in [1.165, 1.54) is 5.56 Å². The number of ether oxygens (including phenoxy) is 1. The van der Waals surface area contributed by atoms with Crippen LogP contribution in [0.1, 0.15) is 25.3 Å². The van der Waals surface area contributed by atoms with E-state index in [4.69, 9.17) is 4.74 Å². The summed E-state index contributed by atoms with van der Waals surface area (Å²) in [6, 6.07) is 10.0. The van der Waals surface area contributed by atoms with E-state index < -0.39 is 10.9 Å². The molecule has 1 heterocycles. The second-order valence-corrected chi connectivity index (χ2v) is 6.68. The summed E-state index contributed by atoms with van der Waals surface area (Å²) in [7, 11) is 0. The van der Waals surface area contributed by atoms with Crippen molar-refractivity contribution < 1.29 is 9.53 Å². The second kappa shape index (κ2) is 8.70. The number of benzene rings is 1. The summed E-state index contributed by atoms with van der Waals surface area (Å²) in [5, 5.41) is 6.29. The lowest BCUT2D eigenvalue weighted by atomic mass is 10.0. The van der Waals surface area contributed by atoms with E-state index in [1.54, 1.807) is 11.8 Å². The molecule has 144 valence electrons. The first-order valence-corrected chi connectivity index (χ1v) is 9.39. The molecule has 0 bridgehead atoms. The maximum Gasteiger partial charge on any atom is 0.409 e. The van der Waals surface area contributed by atoms with Crippen LogP contribution in [0.15, 0.2) is 39.9 Å². The van der Waals surface area contributed by atoms with E-state index >= 15 is 0 Å². The first-order valence-electron chi connectivity index (χ1n) is 9.39. The van der Waals surface area contributed by atoms with Gasteiger partial charge in [0.15, 0.2) is 0 Å². The monoisotopic (exact) mass is 371 g/mol. The molecule has 0 atom stereocenters. The van der Waals surface area contributed by atoms with E-state index in [-0.39, 0.29) is 12.1 Å². The van der Waals surface area contributed by atoms with Gasteiger partial charge in [-0.3, -0.25) is 9.59 Å². The number of rotatable bonds is 7. The molecule has 27 heavy (non-hydrogen) atoms. The zero-order valence-electron chi connectivity index (χ0n) is 15.5. The molecule has 7 heteroatoms. The number of likely N-dealkylation sites (tertiary alicyclic amines) is 1. The van der Waals surface area contributed by atoms with E-state index in [2.05, 4.69) is 10.6 Å². The van der Waals surface area contributed by atoms with Gasteiger partial charge < -0.3 is 20.3 Å². The molecule has 1 aliphatic rings. The maximum atomic E-state index is 11.9. The van der Waals surface area contributed by atoms with Crippen molar-refractivity contribution in [2.45, 2.75) is 32.2 Å². The largest absolute Gasteiger partial charge is 0.450 e. The fraction of sp³-hybridized carbons (Fsp3) is 0.450. The minimum absolute atomic E-state index is 0.0636. The molecule has 1 aliphatic heterocycles. The van der Waals surface area contributed by atoms with Gasteiger partial charge in [0.05, 0.1) is 6.61 Å². The van der Waals surface area contributed by atoms with Crippen LogP contribution in [0.25, 0.3) is 0 Å². The van der Waals surface area contributed by atoms with Crippen molar-refractivity contribution in [3.63, 3.8) is 0 Å². The molecule has 0 aromatic heterocycles. The molecule has 2 aromatic carbocycles. The predicted molar refractivity (Wildman–Crippen MR) is 105 cm³/mol. The molecule has 0 unspecified atom stereocenters. The average Bonchev–Trinajstić information content (AvgIpc) is 2.71. The Morgan fingerprint density at radius 3 is 2.44 bits per heavy atom. The van der Waals surface area contributed by atoms with Crippen LogP contribution in [0.5, 0.6) is 0 Å². The minimum atomic E-state index is -0.468. The summed E-state index contributed by atoms with van der Waals surface area (Å²) in [5.74, 6) is 0. The first-order chi connectivity index (χ1) is 13.1. The number of hydrogen-bond donors (Lipinski definition) is 2. The van der Waals surface area contributed by atoms with Crippen LogP contribution >= 0.6 is 0 Å². The third-order valence-electron chi connectivity index (χ3n) is 4.84. The van der Waals surface area contributed by atoms with Gasteiger partial charge in [-0.15, -0.1) is 0 Å². The van der Waals surface area contributed by atoms with Gasteiger partial charge in [-0.1, -0.05) is 30.3 Å². The van der Waals surface area contributed by atoms with E-state index in [1.807, 2.05) is 30.3 Å². The highest BCUT2D eigenvalue weighted by Gasteiger charge is 2.27. The highest BCUT2D eigenvalue weighted by Crippen LogP contribution is 2.20. The Balaban J connectivity index is 1.51. The highest BCUT2D eigenvalue weighted by molar-refractivity contribution is 5.74. The molecule has 1 fully saturated rings. The van der Waals surface area contributed by atoms with Crippen LogP contribution in [-0.2, 0) is 11.2 Å². The van der Waals surface area contributed by atoms with Gasteiger partial charge in [-0.2, -0.15) is 0 Å². The van der Waals surface area contributed by atoms with Crippen LogP contribution in [0.2, 0.25) is 0 Å². The van der Waals surface area contributed by atoms with Crippen molar-refractivity contribution in [2.24, 2.45) is 0 Å². The Bertz CT molecular complexity index is 835. The van der Waals surface area contributed by atoms with Gasteiger partial charge in [0.2, 0.25) is 0 Å². The summed E-state index contributed by atoms with van der Waals surface area (Å²) >= 11 is 0. The number of hydrogen-bond acceptors (Lipinski definition) is 6. The van der Waals surface area contributed by atoms with Gasteiger partial charge in [-0.05, 0) is 31.7 Å². The van der Waals surface area contributed by atoms with Crippen LogP contribution in [0.4, 0.5) is 16.2 Å². The molecule has 0 saturated carbocycles. The van der Waals surface area contributed by atoms with Crippen molar-refractivity contribution in [1.82, 2.24) is 4.90 Å². The lowest BCUT2D eigenvalue weighted by Gasteiger charge is -2.32. The van der Waals surface area contributed by atoms with Crippen LogP contribution in [0, 0.1) is 0 Å².